The lowest BCUT2D eigenvalue weighted by molar-refractivity contribution is 0.151. The Morgan fingerprint density at radius 3 is 2.28 bits per heavy atom. The lowest BCUT2D eigenvalue weighted by atomic mass is 10.0. The van der Waals surface area contributed by atoms with Crippen molar-refractivity contribution in [3.05, 3.63) is 53.3 Å². The van der Waals surface area contributed by atoms with Crippen LogP contribution in [-0.4, -0.2) is 14.9 Å². The number of rotatable bonds is 4. The van der Waals surface area contributed by atoms with Crippen molar-refractivity contribution in [1.82, 2.24) is 9.78 Å². The summed E-state index contributed by atoms with van der Waals surface area (Å²) in [6.45, 7) is 2.66. The number of nitrogens with zero attached hydrogens (tertiary/aromatic N) is 2. The average molecular weight is 252 g/mol. The molecule has 0 fully saturated rings. The Bertz CT molecular complexity index is 508. The summed E-state index contributed by atoms with van der Waals surface area (Å²) >= 11 is 0. The number of aromatic nitrogens is 2. The molecule has 1 atom stereocenters. The predicted octanol–water partition coefficient (Wildman–Crippen LogP) is 2.92. The van der Waals surface area contributed by atoms with E-state index in [1.165, 1.54) is 24.3 Å². The highest BCUT2D eigenvalue weighted by molar-refractivity contribution is 5.30. The number of aliphatic hydroxyl groups excluding tert-OH is 1. The smallest absolute Gasteiger partial charge is 0.263 e. The van der Waals surface area contributed by atoms with Crippen LogP contribution in [0.5, 0.6) is 0 Å². The van der Waals surface area contributed by atoms with Gasteiger partial charge < -0.3 is 5.11 Å². The van der Waals surface area contributed by atoms with Crippen LogP contribution in [0.3, 0.4) is 0 Å². The molecule has 1 N–H and O–H groups in total. The molecule has 96 valence electrons. The fraction of sp³-hybridized carbons (Fsp3) is 0.308. The quantitative estimate of drug-likeness (QED) is 0.908. The first-order chi connectivity index (χ1) is 8.61. The topological polar surface area (TPSA) is 38.0 Å². The lowest BCUT2D eigenvalue weighted by Crippen LogP contribution is -1.99. The van der Waals surface area contributed by atoms with Crippen LogP contribution in [0.25, 0.3) is 0 Å². The summed E-state index contributed by atoms with van der Waals surface area (Å²) in [4.78, 5) is 0. The van der Waals surface area contributed by atoms with Gasteiger partial charge in [-0.3, -0.25) is 4.68 Å². The van der Waals surface area contributed by atoms with Crippen molar-refractivity contribution in [2.75, 3.05) is 0 Å². The Morgan fingerprint density at radius 2 is 1.78 bits per heavy atom. The van der Waals surface area contributed by atoms with E-state index in [0.29, 0.717) is 11.1 Å². The van der Waals surface area contributed by atoms with Crippen LogP contribution in [0.4, 0.5) is 8.78 Å². The van der Waals surface area contributed by atoms with Crippen LogP contribution in [0, 0.1) is 0 Å². The lowest BCUT2D eigenvalue weighted by Gasteiger charge is -2.09. The first-order valence-corrected chi connectivity index (χ1v) is 5.70. The van der Waals surface area contributed by atoms with Crippen molar-refractivity contribution >= 4 is 0 Å². The van der Waals surface area contributed by atoms with Gasteiger partial charge in [-0.1, -0.05) is 24.3 Å². The number of aliphatic hydroxyl groups is 1. The molecule has 1 unspecified atom stereocenters. The van der Waals surface area contributed by atoms with Gasteiger partial charge in [0.15, 0.2) is 0 Å². The molecule has 0 amide bonds. The van der Waals surface area contributed by atoms with Crippen LogP contribution >= 0.6 is 0 Å². The summed E-state index contributed by atoms with van der Waals surface area (Å²) in [5.74, 6) is 0. The fourth-order valence-electron chi connectivity index (χ4n) is 1.71. The van der Waals surface area contributed by atoms with Gasteiger partial charge in [-0.15, -0.1) is 0 Å². The molecular formula is C13H14F2N2O. The number of hydrogen-bond acceptors (Lipinski definition) is 2. The van der Waals surface area contributed by atoms with E-state index in [0.717, 1.165) is 6.54 Å². The molecule has 5 heteroatoms. The van der Waals surface area contributed by atoms with E-state index >= 15 is 0 Å². The van der Waals surface area contributed by atoms with Crippen LogP contribution in [0.2, 0.25) is 0 Å². The minimum absolute atomic E-state index is 0.0461. The summed E-state index contributed by atoms with van der Waals surface area (Å²) in [6.07, 6.45) is -0.00278. The maximum Gasteiger partial charge on any atom is 0.263 e. The van der Waals surface area contributed by atoms with E-state index in [1.807, 2.05) is 6.92 Å². The Kier molecular flexibility index (Phi) is 3.72. The third-order valence-electron chi connectivity index (χ3n) is 2.80. The van der Waals surface area contributed by atoms with Gasteiger partial charge in [0.2, 0.25) is 0 Å². The highest BCUT2D eigenvalue weighted by atomic mass is 19.3. The SMILES string of the molecule is CCn1cc(C(O)c2ccc(C(F)F)cc2)cn1. The zero-order valence-corrected chi connectivity index (χ0v) is 9.92. The number of alkyl halides is 2. The average Bonchev–Trinajstić information content (AvgIpc) is 2.86. The molecule has 3 nitrogen and oxygen atoms in total. The molecule has 0 aliphatic carbocycles. The van der Waals surface area contributed by atoms with Crippen molar-refractivity contribution in [2.24, 2.45) is 0 Å². The fourth-order valence-corrected chi connectivity index (χ4v) is 1.71. The highest BCUT2D eigenvalue weighted by Crippen LogP contribution is 2.24. The van der Waals surface area contributed by atoms with Crippen LogP contribution in [-0.2, 0) is 6.54 Å². The maximum absolute atomic E-state index is 12.4. The molecule has 1 aromatic heterocycles. The standard InChI is InChI=1S/C13H14F2N2O/c1-2-17-8-11(7-16-17)12(18)9-3-5-10(6-4-9)13(14)15/h3-8,12-13,18H,2H2,1H3. The molecule has 0 saturated carbocycles. The molecule has 0 aliphatic heterocycles. The second-order valence-corrected chi connectivity index (χ2v) is 4.00. The summed E-state index contributed by atoms with van der Waals surface area (Å²) < 4.78 is 26.5. The van der Waals surface area contributed by atoms with Crippen molar-refractivity contribution in [3.8, 4) is 0 Å². The summed E-state index contributed by atoms with van der Waals surface area (Å²) in [7, 11) is 0. The molecule has 1 aromatic carbocycles. The zero-order valence-electron chi connectivity index (χ0n) is 9.92. The Hall–Kier alpha value is -1.75. The molecule has 0 bridgehead atoms. The highest BCUT2D eigenvalue weighted by Gasteiger charge is 2.13. The number of hydrogen-bond donors (Lipinski definition) is 1. The van der Waals surface area contributed by atoms with Crippen LogP contribution in [0.1, 0.15) is 36.1 Å². The van der Waals surface area contributed by atoms with Gasteiger partial charge in [0.25, 0.3) is 6.43 Å². The molecule has 0 aliphatic rings. The van der Waals surface area contributed by atoms with E-state index < -0.39 is 12.5 Å². The number of aryl methyl sites for hydroxylation is 1. The monoisotopic (exact) mass is 252 g/mol. The van der Waals surface area contributed by atoms with Gasteiger partial charge in [-0.2, -0.15) is 5.10 Å². The van der Waals surface area contributed by atoms with Gasteiger partial charge in [0.1, 0.15) is 6.10 Å². The molecule has 1 heterocycles. The summed E-state index contributed by atoms with van der Waals surface area (Å²) in [6, 6.07) is 5.67. The van der Waals surface area contributed by atoms with E-state index in [2.05, 4.69) is 5.10 Å². The first-order valence-electron chi connectivity index (χ1n) is 5.70. The number of benzene rings is 1. The minimum Gasteiger partial charge on any atom is -0.384 e. The van der Waals surface area contributed by atoms with E-state index in [1.54, 1.807) is 17.1 Å². The summed E-state index contributed by atoms with van der Waals surface area (Å²) in [5.41, 5.74) is 1.19. The molecule has 18 heavy (non-hydrogen) atoms. The second-order valence-electron chi connectivity index (χ2n) is 4.00. The van der Waals surface area contributed by atoms with Crippen LogP contribution < -0.4 is 0 Å². The van der Waals surface area contributed by atoms with E-state index in [9.17, 15) is 13.9 Å². The van der Waals surface area contributed by atoms with Gasteiger partial charge in [0.05, 0.1) is 6.20 Å². The van der Waals surface area contributed by atoms with Crippen molar-refractivity contribution in [3.63, 3.8) is 0 Å². The van der Waals surface area contributed by atoms with Gasteiger partial charge in [-0.05, 0) is 12.5 Å². The minimum atomic E-state index is -2.49. The summed E-state index contributed by atoms with van der Waals surface area (Å²) in [5, 5.41) is 14.2. The Labute approximate surface area is 104 Å². The molecule has 0 saturated heterocycles. The largest absolute Gasteiger partial charge is 0.384 e. The van der Waals surface area contributed by atoms with Crippen molar-refractivity contribution < 1.29 is 13.9 Å². The van der Waals surface area contributed by atoms with E-state index in [-0.39, 0.29) is 5.56 Å². The molecule has 2 rings (SSSR count). The molecular weight excluding hydrogens is 238 g/mol. The van der Waals surface area contributed by atoms with Gasteiger partial charge in [0, 0.05) is 23.9 Å². The Balaban J connectivity index is 2.20. The van der Waals surface area contributed by atoms with Gasteiger partial charge >= 0.3 is 0 Å². The maximum atomic E-state index is 12.4. The zero-order chi connectivity index (χ0) is 13.1. The van der Waals surface area contributed by atoms with Crippen molar-refractivity contribution in [1.29, 1.82) is 0 Å². The van der Waals surface area contributed by atoms with E-state index in [4.69, 9.17) is 0 Å². The van der Waals surface area contributed by atoms with Gasteiger partial charge in [-0.25, -0.2) is 8.78 Å². The molecule has 0 spiro atoms. The normalized spacial score (nSPS) is 12.9. The number of halogens is 2. The first kappa shape index (κ1) is 12.7. The third-order valence-corrected chi connectivity index (χ3v) is 2.80. The van der Waals surface area contributed by atoms with Crippen LogP contribution in [0.15, 0.2) is 36.7 Å². The third kappa shape index (κ3) is 2.56. The van der Waals surface area contributed by atoms with Crippen molar-refractivity contribution in [2.45, 2.75) is 26.0 Å². The molecule has 0 radical (unpaired) electrons. The Morgan fingerprint density at radius 1 is 1.17 bits per heavy atom. The second kappa shape index (κ2) is 5.27. The molecule has 2 aromatic rings. The predicted molar refractivity (Wildman–Crippen MR) is 63.4 cm³/mol.